The molecule has 0 saturated carbocycles. The summed E-state index contributed by atoms with van der Waals surface area (Å²) in [4.78, 5) is 10.8. The number of aryl methyl sites for hydroxylation is 5. The normalized spacial score (nSPS) is 19.0. The third-order valence-electron chi connectivity index (χ3n) is 13.8. The first-order valence-electron chi connectivity index (χ1n) is 22.3. The molecule has 0 radical (unpaired) electrons. The molecule has 0 bridgehead atoms. The fraction of sp³-hybridized carbons (Fsp3) is 0.368. The Bertz CT molecular complexity index is 2990. The molecule has 2 atom stereocenters. The summed E-state index contributed by atoms with van der Waals surface area (Å²) in [6, 6.07) is 34.2. The number of aliphatic imine (C=N–C) groups is 1. The first-order chi connectivity index (χ1) is 29.0. The standard InChI is InChI=1S/C57H63N3OS/c1-33-21-36(4)50(37(5)22-33)38-25-39(52-59-56(15)32-40-23-34(2)35(3)24-48(40)57(56,62-52)55(12,13)14)27-44(26-38)61-45-29-42(54(9,10)11)28-43(31-45)60-49-19-18-41(53(6,7)8)30-47(49)46-17-16-20-58-51(46)60/h16-31H,32H2,1-15H3/t56-,57-/m1/s1. The van der Waals surface area contributed by atoms with E-state index in [1.165, 1.54) is 61.0 Å². The van der Waals surface area contributed by atoms with Crippen LogP contribution in [0.4, 0.5) is 0 Å². The number of ether oxygens (including phenoxy) is 1. The second kappa shape index (κ2) is 14.2. The fourth-order valence-corrected chi connectivity index (χ4v) is 12.5. The van der Waals surface area contributed by atoms with Crippen molar-refractivity contribution in [2.24, 2.45) is 10.4 Å². The monoisotopic (exact) mass is 837 g/mol. The largest absolute Gasteiger partial charge is 0.457 e. The molecule has 2 aromatic heterocycles. The summed E-state index contributed by atoms with van der Waals surface area (Å²) in [5, 5.41) is 3.43. The van der Waals surface area contributed by atoms with E-state index in [0.29, 0.717) is 0 Å². The lowest BCUT2D eigenvalue weighted by atomic mass is 9.68. The van der Waals surface area contributed by atoms with Gasteiger partial charge in [0.1, 0.15) is 17.1 Å². The molecular formula is C57H63N3OS. The Labute approximate surface area is 374 Å². The maximum absolute atomic E-state index is 7.21. The average Bonchev–Trinajstić information content (AvgIpc) is 3.75. The van der Waals surface area contributed by atoms with Crippen LogP contribution in [0.1, 0.15) is 125 Å². The van der Waals surface area contributed by atoms with Crippen molar-refractivity contribution in [3.05, 3.63) is 153 Å². The Morgan fingerprint density at radius 2 is 1.31 bits per heavy atom. The highest BCUT2D eigenvalue weighted by Gasteiger charge is 2.65. The highest BCUT2D eigenvalue weighted by atomic mass is 32.2. The summed E-state index contributed by atoms with van der Waals surface area (Å²) in [7, 11) is 0. The van der Waals surface area contributed by atoms with E-state index in [1.807, 2.05) is 24.0 Å². The molecule has 318 valence electrons. The van der Waals surface area contributed by atoms with E-state index in [9.17, 15) is 0 Å². The summed E-state index contributed by atoms with van der Waals surface area (Å²) in [5.74, 6) is 1.59. The molecule has 1 aliphatic carbocycles. The van der Waals surface area contributed by atoms with Crippen molar-refractivity contribution in [1.82, 2.24) is 9.55 Å². The summed E-state index contributed by atoms with van der Waals surface area (Å²) >= 11 is 1.97. The van der Waals surface area contributed by atoms with E-state index in [1.54, 1.807) is 0 Å². The summed E-state index contributed by atoms with van der Waals surface area (Å²) in [6.07, 6.45) is 2.83. The van der Waals surface area contributed by atoms with Gasteiger partial charge in [0.15, 0.2) is 0 Å². The quantitative estimate of drug-likeness (QED) is 0.173. The van der Waals surface area contributed by atoms with Gasteiger partial charge in [-0.3, -0.25) is 9.56 Å². The third kappa shape index (κ3) is 6.73. The maximum atomic E-state index is 7.21. The zero-order valence-corrected chi connectivity index (χ0v) is 40.4. The highest BCUT2D eigenvalue weighted by molar-refractivity contribution is 8.15. The topological polar surface area (TPSA) is 39.4 Å². The Hall–Kier alpha value is -5.13. The Morgan fingerprint density at radius 1 is 0.645 bits per heavy atom. The molecule has 0 saturated heterocycles. The number of aromatic nitrogens is 2. The van der Waals surface area contributed by atoms with Gasteiger partial charge in [0.05, 0.1) is 26.5 Å². The van der Waals surface area contributed by atoms with Crippen LogP contribution in [0.25, 0.3) is 38.8 Å². The van der Waals surface area contributed by atoms with Gasteiger partial charge in [0.25, 0.3) is 0 Å². The predicted molar refractivity (Wildman–Crippen MR) is 265 cm³/mol. The summed E-state index contributed by atoms with van der Waals surface area (Å²) in [6.45, 7) is 34.4. The lowest BCUT2D eigenvalue weighted by Crippen LogP contribution is -2.49. The SMILES string of the molecule is Cc1cc(C)c(-c2cc(Oc3cc(-n4c5ccc(C(C)(C)C)cc5c5cccnc54)cc(C(C)(C)C)c3)cc(C3=N[C@]4(C)Cc5cc(C)c(C)cc5[C@]4(C(C)(C)C)S3)c2)c(C)c1. The van der Waals surface area contributed by atoms with Crippen LogP contribution in [0.2, 0.25) is 0 Å². The van der Waals surface area contributed by atoms with Gasteiger partial charge in [-0.05, 0) is 174 Å². The Morgan fingerprint density at radius 3 is 1.98 bits per heavy atom. The van der Waals surface area contributed by atoms with E-state index in [2.05, 4.69) is 193 Å². The summed E-state index contributed by atoms with van der Waals surface area (Å²) < 4.78 is 9.29. The Kier molecular flexibility index (Phi) is 9.66. The zero-order valence-electron chi connectivity index (χ0n) is 39.6. The van der Waals surface area contributed by atoms with Crippen LogP contribution in [0.3, 0.4) is 0 Å². The van der Waals surface area contributed by atoms with Crippen LogP contribution < -0.4 is 4.74 Å². The molecule has 0 spiro atoms. The number of thioether (sulfide) groups is 1. The number of fused-ring (bicyclic) bond motifs is 6. The molecule has 0 N–H and O–H groups in total. The molecule has 5 heteroatoms. The average molecular weight is 838 g/mol. The highest BCUT2D eigenvalue weighted by Crippen LogP contribution is 2.67. The molecule has 62 heavy (non-hydrogen) atoms. The van der Waals surface area contributed by atoms with Gasteiger partial charge < -0.3 is 4.74 Å². The molecular weight excluding hydrogens is 775 g/mol. The number of hydrogen-bond acceptors (Lipinski definition) is 4. The van der Waals surface area contributed by atoms with Crippen LogP contribution in [-0.4, -0.2) is 20.1 Å². The minimum absolute atomic E-state index is 0.0239. The molecule has 5 aromatic carbocycles. The van der Waals surface area contributed by atoms with Crippen LogP contribution in [0.5, 0.6) is 11.5 Å². The van der Waals surface area contributed by atoms with E-state index in [-0.39, 0.29) is 26.5 Å². The lowest BCUT2D eigenvalue weighted by Gasteiger charge is -2.46. The van der Waals surface area contributed by atoms with E-state index in [0.717, 1.165) is 56.3 Å². The molecule has 0 amide bonds. The third-order valence-corrected chi connectivity index (χ3v) is 15.9. The number of benzene rings is 5. The fourth-order valence-electron chi connectivity index (χ4n) is 10.8. The van der Waals surface area contributed by atoms with Crippen LogP contribution in [0, 0.1) is 40.0 Å². The molecule has 0 unspecified atom stereocenters. The van der Waals surface area contributed by atoms with Gasteiger partial charge in [0.2, 0.25) is 0 Å². The molecule has 4 nitrogen and oxygen atoms in total. The molecule has 2 aliphatic rings. The van der Waals surface area contributed by atoms with Crippen LogP contribution in [0.15, 0.2) is 102 Å². The van der Waals surface area contributed by atoms with Crippen molar-refractivity contribution in [2.75, 3.05) is 0 Å². The first kappa shape index (κ1) is 42.2. The predicted octanol–water partition coefficient (Wildman–Crippen LogP) is 15.5. The second-order valence-electron chi connectivity index (χ2n) is 21.8. The molecule has 0 fully saturated rings. The second-order valence-corrected chi connectivity index (χ2v) is 23.0. The van der Waals surface area contributed by atoms with E-state index >= 15 is 0 Å². The van der Waals surface area contributed by atoms with Crippen molar-refractivity contribution in [1.29, 1.82) is 0 Å². The smallest absolute Gasteiger partial charge is 0.145 e. The van der Waals surface area contributed by atoms with E-state index in [4.69, 9.17) is 14.7 Å². The minimum Gasteiger partial charge on any atom is -0.457 e. The van der Waals surface area contributed by atoms with Crippen molar-refractivity contribution >= 4 is 38.7 Å². The van der Waals surface area contributed by atoms with Crippen LogP contribution in [-0.2, 0) is 22.0 Å². The van der Waals surface area contributed by atoms with Crippen LogP contribution >= 0.6 is 11.8 Å². The summed E-state index contributed by atoms with van der Waals surface area (Å²) in [5.41, 5.74) is 18.0. The number of nitrogens with zero attached hydrogens (tertiary/aromatic N) is 3. The number of rotatable bonds is 5. The van der Waals surface area contributed by atoms with Crippen molar-refractivity contribution in [2.45, 2.75) is 131 Å². The molecule has 9 rings (SSSR count). The number of hydrogen-bond donors (Lipinski definition) is 0. The van der Waals surface area contributed by atoms with Gasteiger partial charge in [-0.1, -0.05) is 110 Å². The van der Waals surface area contributed by atoms with Crippen molar-refractivity contribution in [3.63, 3.8) is 0 Å². The molecule has 3 heterocycles. The van der Waals surface area contributed by atoms with Crippen molar-refractivity contribution < 1.29 is 4.74 Å². The minimum atomic E-state index is -0.305. The lowest BCUT2D eigenvalue weighted by molar-refractivity contribution is 0.203. The molecule has 7 aromatic rings. The van der Waals surface area contributed by atoms with Gasteiger partial charge in [-0.25, -0.2) is 4.98 Å². The Balaban J connectivity index is 1.22. The molecule has 1 aliphatic heterocycles. The van der Waals surface area contributed by atoms with Crippen molar-refractivity contribution in [3.8, 4) is 28.3 Å². The van der Waals surface area contributed by atoms with Gasteiger partial charge >= 0.3 is 0 Å². The van der Waals surface area contributed by atoms with Gasteiger partial charge in [-0.2, -0.15) is 0 Å². The zero-order chi connectivity index (χ0) is 44.5. The number of pyridine rings is 1. The van der Waals surface area contributed by atoms with Gasteiger partial charge in [-0.15, -0.1) is 0 Å². The van der Waals surface area contributed by atoms with Gasteiger partial charge in [0, 0.05) is 28.6 Å². The maximum Gasteiger partial charge on any atom is 0.145 e. The van der Waals surface area contributed by atoms with E-state index < -0.39 is 0 Å². The first-order valence-corrected chi connectivity index (χ1v) is 23.2.